The van der Waals surface area contributed by atoms with Crippen molar-refractivity contribution in [2.24, 2.45) is 0 Å². The van der Waals surface area contributed by atoms with Gasteiger partial charge in [-0.25, -0.2) is 4.98 Å². The summed E-state index contributed by atoms with van der Waals surface area (Å²) < 4.78 is 2.01. The van der Waals surface area contributed by atoms with Crippen molar-refractivity contribution in [2.75, 3.05) is 5.73 Å². The van der Waals surface area contributed by atoms with Gasteiger partial charge in [0, 0.05) is 17.8 Å². The molecule has 0 saturated carbocycles. The fourth-order valence-corrected chi connectivity index (χ4v) is 2.85. The molecule has 0 aliphatic carbocycles. The SMILES string of the molecule is Cc1cccc2nc(N)n(-c3cccc4ccncc34)c12. The van der Waals surface area contributed by atoms with Crippen molar-refractivity contribution in [1.29, 1.82) is 0 Å². The molecule has 0 atom stereocenters. The number of benzene rings is 2. The molecule has 4 rings (SSSR count). The number of nitrogens with two attached hydrogens (primary N) is 1. The first-order valence-corrected chi connectivity index (χ1v) is 6.82. The van der Waals surface area contributed by atoms with Crippen LogP contribution in [0.15, 0.2) is 54.9 Å². The molecule has 2 aromatic heterocycles. The van der Waals surface area contributed by atoms with Gasteiger partial charge in [0.05, 0.1) is 16.7 Å². The van der Waals surface area contributed by atoms with Gasteiger partial charge in [-0.05, 0) is 36.1 Å². The maximum Gasteiger partial charge on any atom is 0.205 e. The number of aromatic nitrogens is 3. The maximum absolute atomic E-state index is 6.18. The second-order valence-corrected chi connectivity index (χ2v) is 5.12. The van der Waals surface area contributed by atoms with Crippen LogP contribution in [-0.2, 0) is 0 Å². The van der Waals surface area contributed by atoms with Crippen LogP contribution >= 0.6 is 0 Å². The smallest absolute Gasteiger partial charge is 0.205 e. The molecule has 21 heavy (non-hydrogen) atoms. The highest BCUT2D eigenvalue weighted by Gasteiger charge is 2.13. The number of para-hydroxylation sites is 1. The fourth-order valence-electron chi connectivity index (χ4n) is 2.85. The molecule has 2 heterocycles. The molecule has 2 aromatic carbocycles. The van der Waals surface area contributed by atoms with E-state index in [2.05, 4.69) is 29.0 Å². The third kappa shape index (κ3) is 1.69. The van der Waals surface area contributed by atoms with Crippen LogP contribution in [0.5, 0.6) is 0 Å². The number of hydrogen-bond donors (Lipinski definition) is 1. The van der Waals surface area contributed by atoms with Gasteiger partial charge >= 0.3 is 0 Å². The summed E-state index contributed by atoms with van der Waals surface area (Å²) in [6.07, 6.45) is 3.67. The number of aryl methyl sites for hydroxylation is 1. The molecule has 0 saturated heterocycles. The Hall–Kier alpha value is -2.88. The number of imidazole rings is 1. The Labute approximate surface area is 121 Å². The van der Waals surface area contributed by atoms with Crippen molar-refractivity contribution < 1.29 is 0 Å². The monoisotopic (exact) mass is 274 g/mol. The minimum atomic E-state index is 0.496. The van der Waals surface area contributed by atoms with Gasteiger partial charge in [-0.15, -0.1) is 0 Å². The minimum Gasteiger partial charge on any atom is -0.369 e. The predicted octanol–water partition coefficient (Wildman–Crippen LogP) is 3.46. The van der Waals surface area contributed by atoms with Crippen molar-refractivity contribution in [3.8, 4) is 5.69 Å². The lowest BCUT2D eigenvalue weighted by atomic mass is 10.1. The van der Waals surface area contributed by atoms with Crippen LogP contribution in [0.25, 0.3) is 27.5 Å². The highest BCUT2D eigenvalue weighted by Crippen LogP contribution is 2.29. The van der Waals surface area contributed by atoms with Gasteiger partial charge in [0.2, 0.25) is 5.95 Å². The van der Waals surface area contributed by atoms with E-state index in [1.807, 2.05) is 41.1 Å². The van der Waals surface area contributed by atoms with Crippen LogP contribution in [0, 0.1) is 6.92 Å². The Morgan fingerprint density at radius 2 is 1.90 bits per heavy atom. The third-order valence-corrected chi connectivity index (χ3v) is 3.81. The molecular formula is C17H14N4. The van der Waals surface area contributed by atoms with Crippen molar-refractivity contribution in [3.63, 3.8) is 0 Å². The Morgan fingerprint density at radius 3 is 2.81 bits per heavy atom. The third-order valence-electron chi connectivity index (χ3n) is 3.81. The Balaban J connectivity index is 2.17. The fraction of sp³-hybridized carbons (Fsp3) is 0.0588. The van der Waals surface area contributed by atoms with E-state index in [1.165, 1.54) is 0 Å². The molecule has 0 radical (unpaired) electrons. The number of rotatable bonds is 1. The number of nitrogen functional groups attached to an aromatic ring is 1. The van der Waals surface area contributed by atoms with Crippen LogP contribution in [0.2, 0.25) is 0 Å². The molecule has 4 aromatic rings. The zero-order valence-electron chi connectivity index (χ0n) is 11.6. The first kappa shape index (κ1) is 11.9. The summed E-state index contributed by atoms with van der Waals surface area (Å²) in [7, 11) is 0. The van der Waals surface area contributed by atoms with Crippen molar-refractivity contribution >= 4 is 27.8 Å². The minimum absolute atomic E-state index is 0.496. The lowest BCUT2D eigenvalue weighted by molar-refractivity contribution is 1.11. The number of nitrogens with zero attached hydrogens (tertiary/aromatic N) is 3. The Kier molecular flexibility index (Phi) is 2.44. The summed E-state index contributed by atoms with van der Waals surface area (Å²) in [6, 6.07) is 14.2. The Morgan fingerprint density at radius 1 is 1.05 bits per heavy atom. The molecule has 0 amide bonds. The second kappa shape index (κ2) is 4.31. The molecule has 0 aliphatic heterocycles. The van der Waals surface area contributed by atoms with Gasteiger partial charge in [-0.3, -0.25) is 9.55 Å². The first-order valence-electron chi connectivity index (χ1n) is 6.82. The zero-order chi connectivity index (χ0) is 14.4. The number of anilines is 1. The Bertz CT molecular complexity index is 964. The molecule has 4 heteroatoms. The quantitative estimate of drug-likeness (QED) is 0.578. The summed E-state index contributed by atoms with van der Waals surface area (Å²) >= 11 is 0. The lowest BCUT2D eigenvalue weighted by Gasteiger charge is -2.11. The molecule has 0 bridgehead atoms. The van der Waals surface area contributed by atoms with Crippen LogP contribution in [-0.4, -0.2) is 14.5 Å². The van der Waals surface area contributed by atoms with Crippen LogP contribution in [0.3, 0.4) is 0 Å². The molecule has 0 spiro atoms. The normalized spacial score (nSPS) is 11.3. The summed E-state index contributed by atoms with van der Waals surface area (Å²) in [5.41, 5.74) is 10.3. The average Bonchev–Trinajstić information content (AvgIpc) is 2.84. The first-order chi connectivity index (χ1) is 10.3. The van der Waals surface area contributed by atoms with E-state index in [0.717, 1.165) is 33.1 Å². The van der Waals surface area contributed by atoms with E-state index in [1.54, 1.807) is 6.20 Å². The summed E-state index contributed by atoms with van der Waals surface area (Å²) in [6.45, 7) is 2.07. The number of hydrogen-bond acceptors (Lipinski definition) is 3. The van der Waals surface area contributed by atoms with Gasteiger partial charge in [0.25, 0.3) is 0 Å². The van der Waals surface area contributed by atoms with Gasteiger partial charge in [0.1, 0.15) is 0 Å². The molecule has 2 N–H and O–H groups in total. The topological polar surface area (TPSA) is 56.7 Å². The largest absolute Gasteiger partial charge is 0.369 e. The van der Waals surface area contributed by atoms with E-state index in [-0.39, 0.29) is 0 Å². The second-order valence-electron chi connectivity index (χ2n) is 5.12. The maximum atomic E-state index is 6.18. The summed E-state index contributed by atoms with van der Waals surface area (Å²) in [4.78, 5) is 8.72. The van der Waals surface area contributed by atoms with E-state index in [9.17, 15) is 0 Å². The molecule has 0 unspecified atom stereocenters. The van der Waals surface area contributed by atoms with Gasteiger partial charge in [-0.1, -0.05) is 24.3 Å². The highest BCUT2D eigenvalue weighted by molar-refractivity contribution is 5.93. The molecule has 102 valence electrons. The van der Waals surface area contributed by atoms with E-state index in [0.29, 0.717) is 5.95 Å². The van der Waals surface area contributed by atoms with Crippen LogP contribution in [0.4, 0.5) is 5.95 Å². The van der Waals surface area contributed by atoms with E-state index >= 15 is 0 Å². The average molecular weight is 274 g/mol. The van der Waals surface area contributed by atoms with E-state index in [4.69, 9.17) is 5.73 Å². The van der Waals surface area contributed by atoms with Gasteiger partial charge in [0.15, 0.2) is 0 Å². The van der Waals surface area contributed by atoms with E-state index < -0.39 is 0 Å². The molecule has 4 nitrogen and oxygen atoms in total. The zero-order valence-corrected chi connectivity index (χ0v) is 11.6. The lowest BCUT2D eigenvalue weighted by Crippen LogP contribution is -2.02. The molecule has 0 aliphatic rings. The van der Waals surface area contributed by atoms with Crippen LogP contribution in [0.1, 0.15) is 5.56 Å². The van der Waals surface area contributed by atoms with Crippen molar-refractivity contribution in [2.45, 2.75) is 6.92 Å². The highest BCUT2D eigenvalue weighted by atomic mass is 15.2. The van der Waals surface area contributed by atoms with Crippen LogP contribution < -0.4 is 5.73 Å². The predicted molar refractivity (Wildman–Crippen MR) is 85.5 cm³/mol. The molecule has 0 fully saturated rings. The summed E-state index contributed by atoms with van der Waals surface area (Å²) in [5, 5.41) is 2.20. The van der Waals surface area contributed by atoms with Gasteiger partial charge in [-0.2, -0.15) is 0 Å². The number of fused-ring (bicyclic) bond motifs is 2. The summed E-state index contributed by atoms with van der Waals surface area (Å²) in [5.74, 6) is 0.496. The molecular weight excluding hydrogens is 260 g/mol. The van der Waals surface area contributed by atoms with Crippen molar-refractivity contribution in [1.82, 2.24) is 14.5 Å². The van der Waals surface area contributed by atoms with Gasteiger partial charge < -0.3 is 5.73 Å². The number of pyridine rings is 1. The standard InChI is InChI=1S/C17H14N4/c1-11-4-2-6-14-16(11)21(17(18)20-14)15-7-3-5-12-8-9-19-10-13(12)15/h2-10H,1H3,(H2,18,20). The van der Waals surface area contributed by atoms with Crippen molar-refractivity contribution in [3.05, 3.63) is 60.4 Å².